The molecule has 1 aliphatic rings. The molecule has 0 aliphatic carbocycles. The van der Waals surface area contributed by atoms with Crippen LogP contribution in [0.5, 0.6) is 0 Å². The van der Waals surface area contributed by atoms with Gasteiger partial charge in [-0.2, -0.15) is 0 Å². The van der Waals surface area contributed by atoms with Crippen LogP contribution in [0.3, 0.4) is 0 Å². The molecule has 4 heteroatoms. The van der Waals surface area contributed by atoms with Gasteiger partial charge in [0.05, 0.1) is 46.0 Å². The molecule has 52 heavy (non-hydrogen) atoms. The number of hydrogen-bond donors (Lipinski definition) is 0. The van der Waals surface area contributed by atoms with Gasteiger partial charge < -0.3 is 0 Å². The maximum Gasteiger partial charge on any atom is 0.0560 e. The third-order valence-corrected chi connectivity index (χ3v) is 9.49. The van der Waals surface area contributed by atoms with Crippen LogP contribution in [0.15, 0.2) is 97.1 Å². The summed E-state index contributed by atoms with van der Waals surface area (Å²) in [6.45, 7) is 0. The molecule has 4 aromatic carbocycles. The molecule has 0 spiro atoms. The first-order valence-electron chi connectivity index (χ1n) is 16.4. The zero-order valence-electron chi connectivity index (χ0n) is 28.5. The second-order valence-electron chi connectivity index (χ2n) is 10.7. The Bertz CT molecular complexity index is 1890. The molecule has 0 nitrogen and oxygen atoms in total. The van der Waals surface area contributed by atoms with Gasteiger partial charge in [-0.05, 0) is 72.8 Å². The summed E-state index contributed by atoms with van der Waals surface area (Å²) in [5.41, 5.74) is 7.75. The van der Waals surface area contributed by atoms with E-state index in [4.69, 9.17) is 0 Å². The van der Waals surface area contributed by atoms with Gasteiger partial charge in [0.15, 0.2) is 0 Å². The smallest absolute Gasteiger partial charge is 0.0560 e. The van der Waals surface area contributed by atoms with Crippen LogP contribution in [0, 0.1) is 94.7 Å². The van der Waals surface area contributed by atoms with Crippen molar-refractivity contribution in [3.05, 3.63) is 142 Å². The van der Waals surface area contributed by atoms with Crippen LogP contribution in [0.4, 0.5) is 0 Å². The lowest BCUT2D eigenvalue weighted by atomic mass is 10.1. The summed E-state index contributed by atoms with van der Waals surface area (Å²) < 4.78 is 0. The zero-order valence-corrected chi connectivity index (χ0v) is 31.8. The molecule has 5 rings (SSSR count). The molecular formula is C48H32S4. The lowest BCUT2D eigenvalue weighted by Crippen LogP contribution is -1.83. The van der Waals surface area contributed by atoms with E-state index in [1.807, 2.05) is 97.1 Å². The van der Waals surface area contributed by atoms with Crippen LogP contribution >= 0.6 is 47.0 Å². The van der Waals surface area contributed by atoms with E-state index < -0.39 is 0 Å². The van der Waals surface area contributed by atoms with E-state index in [9.17, 15) is 0 Å². The SMILES string of the molecule is C1#Cc2cccc(c2)C#CCSCC#Cc2cccc(c2)C#CCSCC#Cc2cccc(c2)C#CCSCC#Cc2cccc(c2)C#CCSC1. The standard InChI is InChI=1S/C48H32S4/c1-13-41-21-5-29-49-31-7-23-43-15-2-17-45(38-43)25-9-33-51-35-11-27-47-19-4-20-48(40-47)28-12-36-52-34-10-26-46-18-3-16-44(39-46)24-8-32-50-30-6-22-42(14-1)37-41/h1-4,13-20,37-40H,29-36H2. The van der Waals surface area contributed by atoms with Crippen LogP contribution in [0.25, 0.3) is 0 Å². The molecular weight excluding hydrogens is 705 g/mol. The molecule has 0 radical (unpaired) electrons. The molecule has 4 aromatic rings. The van der Waals surface area contributed by atoms with Gasteiger partial charge in [-0.25, -0.2) is 0 Å². The summed E-state index contributed by atoms with van der Waals surface area (Å²) in [4.78, 5) is 0. The monoisotopic (exact) mass is 736 g/mol. The highest BCUT2D eigenvalue weighted by atomic mass is 32.2. The molecule has 0 saturated heterocycles. The zero-order chi connectivity index (χ0) is 35.7. The lowest BCUT2D eigenvalue weighted by Gasteiger charge is -1.94. The van der Waals surface area contributed by atoms with Crippen LogP contribution in [-0.4, -0.2) is 46.0 Å². The van der Waals surface area contributed by atoms with Crippen molar-refractivity contribution in [1.82, 2.24) is 0 Å². The Morgan fingerprint density at radius 2 is 0.404 bits per heavy atom. The van der Waals surface area contributed by atoms with Crippen LogP contribution in [-0.2, 0) is 0 Å². The summed E-state index contributed by atoms with van der Waals surface area (Å²) in [6.07, 6.45) is 0. The van der Waals surface area contributed by atoms with Crippen molar-refractivity contribution in [2.45, 2.75) is 0 Å². The number of rotatable bonds is 0. The summed E-state index contributed by atoms with van der Waals surface area (Å²) in [5.74, 6) is 57.8. The summed E-state index contributed by atoms with van der Waals surface area (Å²) in [6, 6.07) is 32.3. The molecule has 1 heterocycles. The highest BCUT2D eigenvalue weighted by Gasteiger charge is 1.94. The predicted molar refractivity (Wildman–Crippen MR) is 230 cm³/mol. The van der Waals surface area contributed by atoms with Gasteiger partial charge >= 0.3 is 0 Å². The van der Waals surface area contributed by atoms with Gasteiger partial charge in [0, 0.05) is 44.5 Å². The van der Waals surface area contributed by atoms with Gasteiger partial charge in [0.2, 0.25) is 0 Å². The van der Waals surface area contributed by atoms with Crippen molar-refractivity contribution in [2.24, 2.45) is 0 Å². The Hall–Kier alpha value is -5.24. The fraction of sp³-hybridized carbons (Fsp3) is 0.167. The molecule has 248 valence electrons. The first kappa shape index (κ1) is 38.0. The Morgan fingerprint density at radius 1 is 0.250 bits per heavy atom. The number of fused-ring (bicyclic) bond motifs is 8. The molecule has 0 N–H and O–H groups in total. The van der Waals surface area contributed by atoms with Crippen molar-refractivity contribution in [1.29, 1.82) is 0 Å². The fourth-order valence-corrected chi connectivity index (χ4v) is 6.22. The van der Waals surface area contributed by atoms with Gasteiger partial charge in [-0.15, -0.1) is 47.0 Å². The molecule has 0 aromatic heterocycles. The van der Waals surface area contributed by atoms with E-state index in [0.29, 0.717) is 46.0 Å². The van der Waals surface area contributed by atoms with Crippen molar-refractivity contribution >= 4 is 47.0 Å². The number of hydrogen-bond acceptors (Lipinski definition) is 4. The van der Waals surface area contributed by atoms with E-state index >= 15 is 0 Å². The highest BCUT2D eigenvalue weighted by Crippen LogP contribution is 2.08. The topological polar surface area (TPSA) is 0 Å². The number of thioether (sulfide) groups is 4. The van der Waals surface area contributed by atoms with Crippen LogP contribution < -0.4 is 0 Å². The van der Waals surface area contributed by atoms with E-state index in [1.165, 1.54) is 0 Å². The summed E-state index contributed by atoms with van der Waals surface area (Å²) >= 11 is 6.84. The van der Waals surface area contributed by atoms with Gasteiger partial charge in [0.1, 0.15) is 0 Å². The molecule has 1 aliphatic heterocycles. The largest absolute Gasteiger partial charge is 0.136 e. The molecule has 0 unspecified atom stereocenters. The maximum atomic E-state index is 3.25. The number of benzene rings is 4. The van der Waals surface area contributed by atoms with Gasteiger partial charge in [-0.3, -0.25) is 0 Å². The van der Waals surface area contributed by atoms with Gasteiger partial charge in [-0.1, -0.05) is 119 Å². The highest BCUT2D eigenvalue weighted by molar-refractivity contribution is 8.00. The predicted octanol–water partition coefficient (Wildman–Crippen LogP) is 8.55. The Labute approximate surface area is 327 Å². The minimum atomic E-state index is 0.716. The third kappa shape index (κ3) is 15.3. The Balaban J connectivity index is 1.21. The van der Waals surface area contributed by atoms with Crippen molar-refractivity contribution in [3.8, 4) is 94.7 Å². The Morgan fingerprint density at radius 3 is 0.558 bits per heavy atom. The fourth-order valence-electron chi connectivity index (χ4n) is 4.42. The molecule has 0 saturated carbocycles. The molecule has 8 bridgehead atoms. The van der Waals surface area contributed by atoms with E-state index in [0.717, 1.165) is 44.5 Å². The van der Waals surface area contributed by atoms with Crippen molar-refractivity contribution < 1.29 is 0 Å². The minimum absolute atomic E-state index is 0.716. The first-order valence-corrected chi connectivity index (χ1v) is 21.0. The quantitative estimate of drug-likeness (QED) is 0.166. The summed E-state index contributed by atoms with van der Waals surface area (Å²) in [5, 5.41) is 0. The van der Waals surface area contributed by atoms with Crippen molar-refractivity contribution in [3.63, 3.8) is 0 Å². The Kier molecular flexibility index (Phi) is 17.0. The maximum absolute atomic E-state index is 3.25. The van der Waals surface area contributed by atoms with E-state index in [-0.39, 0.29) is 0 Å². The average molecular weight is 737 g/mol. The van der Waals surface area contributed by atoms with Crippen molar-refractivity contribution in [2.75, 3.05) is 46.0 Å². The second-order valence-corrected chi connectivity index (χ2v) is 14.7. The van der Waals surface area contributed by atoms with Gasteiger partial charge in [0.25, 0.3) is 0 Å². The second kappa shape index (κ2) is 23.3. The third-order valence-electron chi connectivity index (χ3n) is 6.71. The molecule has 0 atom stereocenters. The lowest BCUT2D eigenvalue weighted by molar-refractivity contribution is 1.59. The molecule has 0 amide bonds. The minimum Gasteiger partial charge on any atom is -0.136 e. The summed E-state index contributed by atoms with van der Waals surface area (Å²) in [7, 11) is 0. The van der Waals surface area contributed by atoms with Crippen LogP contribution in [0.1, 0.15) is 44.5 Å². The van der Waals surface area contributed by atoms with E-state index in [1.54, 1.807) is 47.0 Å². The first-order chi connectivity index (χ1) is 25.8. The van der Waals surface area contributed by atoms with E-state index in [2.05, 4.69) is 94.7 Å². The van der Waals surface area contributed by atoms with Crippen LogP contribution in [0.2, 0.25) is 0 Å². The molecule has 0 fully saturated rings. The normalized spacial score (nSPS) is 13.2. The average Bonchev–Trinajstić information content (AvgIpc) is 3.17.